The van der Waals surface area contributed by atoms with Gasteiger partial charge in [-0.2, -0.15) is 0 Å². The van der Waals surface area contributed by atoms with E-state index in [1.54, 1.807) is 0 Å². The minimum Gasteiger partial charge on any atom is -0.493 e. The van der Waals surface area contributed by atoms with E-state index in [1.807, 2.05) is 0 Å². The van der Waals surface area contributed by atoms with E-state index in [0.717, 1.165) is 22.7 Å². The molecule has 1 N–H and O–H groups in total. The molecule has 0 spiro atoms. The maximum atomic E-state index is 13.3. The fraction of sp³-hybridized carbons (Fsp3) is 0.278. The zero-order chi connectivity index (χ0) is 21.1. The standard InChI is InChI=1S/C18H20F2N2O5S/c1-11(18(23)21-12-5-7-14(19)15(20)9-12)22(28(4,24)25)13-6-8-16(26-2)17(10-13)27-3/h5-11H,1-4H3,(H,21,23). The van der Waals surface area contributed by atoms with Crippen LogP contribution < -0.4 is 19.1 Å². The number of methoxy groups -OCH3 is 2. The molecule has 0 aromatic heterocycles. The van der Waals surface area contributed by atoms with Gasteiger partial charge in [-0.25, -0.2) is 17.2 Å². The molecule has 0 saturated carbocycles. The quantitative estimate of drug-likeness (QED) is 0.753. The second-order valence-corrected chi connectivity index (χ2v) is 7.75. The fourth-order valence-corrected chi connectivity index (χ4v) is 3.76. The molecule has 0 bridgehead atoms. The predicted octanol–water partition coefficient (Wildman–Crippen LogP) is 2.78. The van der Waals surface area contributed by atoms with E-state index in [0.29, 0.717) is 5.75 Å². The summed E-state index contributed by atoms with van der Waals surface area (Å²) in [6.45, 7) is 1.37. The second kappa shape index (κ2) is 8.42. The van der Waals surface area contributed by atoms with Crippen LogP contribution in [0.5, 0.6) is 11.5 Å². The number of halogens is 2. The van der Waals surface area contributed by atoms with E-state index >= 15 is 0 Å². The number of benzene rings is 2. The third-order valence-electron chi connectivity index (χ3n) is 3.90. The fourth-order valence-electron chi connectivity index (χ4n) is 2.59. The molecule has 0 fully saturated rings. The first-order valence-corrected chi connectivity index (χ1v) is 9.90. The lowest BCUT2D eigenvalue weighted by atomic mass is 10.2. The third-order valence-corrected chi connectivity index (χ3v) is 5.14. The van der Waals surface area contributed by atoms with Crippen molar-refractivity contribution >= 4 is 27.3 Å². The maximum Gasteiger partial charge on any atom is 0.247 e. The first-order valence-electron chi connectivity index (χ1n) is 8.05. The average molecular weight is 414 g/mol. The normalized spacial score (nSPS) is 12.2. The molecule has 0 aliphatic heterocycles. The zero-order valence-electron chi connectivity index (χ0n) is 15.7. The van der Waals surface area contributed by atoms with Crippen molar-refractivity contribution in [1.29, 1.82) is 0 Å². The first kappa shape index (κ1) is 21.4. The smallest absolute Gasteiger partial charge is 0.247 e. The molecule has 2 aromatic carbocycles. The molecule has 7 nitrogen and oxygen atoms in total. The number of sulfonamides is 1. The van der Waals surface area contributed by atoms with Crippen LogP contribution in [0.1, 0.15) is 6.92 Å². The van der Waals surface area contributed by atoms with Crippen molar-refractivity contribution in [2.24, 2.45) is 0 Å². The Morgan fingerprint density at radius 3 is 2.21 bits per heavy atom. The van der Waals surface area contributed by atoms with Crippen LogP contribution in [0, 0.1) is 11.6 Å². The Morgan fingerprint density at radius 2 is 1.68 bits per heavy atom. The van der Waals surface area contributed by atoms with E-state index in [9.17, 15) is 22.0 Å². The lowest BCUT2D eigenvalue weighted by molar-refractivity contribution is -0.116. The summed E-state index contributed by atoms with van der Waals surface area (Å²) < 4.78 is 62.3. The number of rotatable bonds is 7. The highest BCUT2D eigenvalue weighted by atomic mass is 32.2. The van der Waals surface area contributed by atoms with Crippen molar-refractivity contribution in [2.45, 2.75) is 13.0 Å². The summed E-state index contributed by atoms with van der Waals surface area (Å²) in [5, 5.41) is 2.38. The van der Waals surface area contributed by atoms with E-state index in [4.69, 9.17) is 9.47 Å². The third kappa shape index (κ3) is 4.69. The van der Waals surface area contributed by atoms with Gasteiger partial charge in [0.15, 0.2) is 23.1 Å². The maximum absolute atomic E-state index is 13.3. The van der Waals surface area contributed by atoms with Crippen molar-refractivity contribution in [3.63, 3.8) is 0 Å². The number of carbonyl (C=O) groups excluding carboxylic acids is 1. The summed E-state index contributed by atoms with van der Waals surface area (Å²) in [4.78, 5) is 12.6. The number of nitrogens with zero attached hydrogens (tertiary/aromatic N) is 1. The van der Waals surface area contributed by atoms with Gasteiger partial charge in [-0.05, 0) is 31.2 Å². The van der Waals surface area contributed by atoms with Crippen LogP contribution in [-0.2, 0) is 14.8 Å². The number of hydrogen-bond acceptors (Lipinski definition) is 5. The van der Waals surface area contributed by atoms with E-state index in [2.05, 4.69) is 5.32 Å². The van der Waals surface area contributed by atoms with Gasteiger partial charge in [0.1, 0.15) is 6.04 Å². The van der Waals surface area contributed by atoms with Crippen molar-refractivity contribution in [3.8, 4) is 11.5 Å². The molecule has 2 rings (SSSR count). The van der Waals surface area contributed by atoms with Crippen LogP contribution in [0.15, 0.2) is 36.4 Å². The minimum absolute atomic E-state index is 0.00323. The second-order valence-electron chi connectivity index (χ2n) is 5.89. The highest BCUT2D eigenvalue weighted by molar-refractivity contribution is 7.92. The molecular weight excluding hydrogens is 394 g/mol. The Morgan fingerprint density at radius 1 is 1.04 bits per heavy atom. The molecule has 1 amide bonds. The number of ether oxygens (including phenoxy) is 2. The van der Waals surface area contributed by atoms with Gasteiger partial charge in [-0.1, -0.05) is 0 Å². The number of anilines is 2. The van der Waals surface area contributed by atoms with Crippen LogP contribution in [0.3, 0.4) is 0 Å². The lowest BCUT2D eigenvalue weighted by Gasteiger charge is -2.28. The molecule has 0 radical (unpaired) electrons. The predicted molar refractivity (Wildman–Crippen MR) is 101 cm³/mol. The number of nitrogens with one attached hydrogen (secondary N) is 1. The molecule has 28 heavy (non-hydrogen) atoms. The number of carbonyl (C=O) groups is 1. The van der Waals surface area contributed by atoms with Gasteiger partial charge in [0.05, 0.1) is 26.2 Å². The molecule has 10 heteroatoms. The molecule has 2 aromatic rings. The molecule has 0 saturated heterocycles. The minimum atomic E-state index is -3.87. The number of hydrogen-bond donors (Lipinski definition) is 1. The van der Waals surface area contributed by atoms with Gasteiger partial charge in [0.2, 0.25) is 15.9 Å². The Labute approximate surface area is 161 Å². The van der Waals surface area contributed by atoms with Crippen LogP contribution >= 0.6 is 0 Å². The molecular formula is C18H20F2N2O5S. The summed E-state index contributed by atoms with van der Waals surface area (Å²) in [5.41, 5.74) is 0.171. The van der Waals surface area contributed by atoms with Crippen molar-refractivity contribution in [3.05, 3.63) is 48.0 Å². The largest absolute Gasteiger partial charge is 0.493 e. The number of amides is 1. The molecule has 1 unspecified atom stereocenters. The van der Waals surface area contributed by atoms with Crippen molar-refractivity contribution in [2.75, 3.05) is 30.1 Å². The average Bonchev–Trinajstić information content (AvgIpc) is 2.63. The topological polar surface area (TPSA) is 84.9 Å². The summed E-state index contributed by atoms with van der Waals surface area (Å²) in [6.07, 6.45) is 0.949. The van der Waals surface area contributed by atoms with Gasteiger partial charge in [0, 0.05) is 17.8 Å². The SMILES string of the molecule is COc1ccc(N(C(C)C(=O)Nc2ccc(F)c(F)c2)S(C)(=O)=O)cc1OC. The van der Waals surface area contributed by atoms with Gasteiger partial charge in [-0.15, -0.1) is 0 Å². The van der Waals surface area contributed by atoms with Crippen LogP contribution in [0.25, 0.3) is 0 Å². The Kier molecular flexibility index (Phi) is 6.45. The molecule has 0 aliphatic carbocycles. The lowest BCUT2D eigenvalue weighted by Crippen LogP contribution is -2.45. The van der Waals surface area contributed by atoms with E-state index in [-0.39, 0.29) is 17.1 Å². The Hall–Kier alpha value is -2.88. The summed E-state index contributed by atoms with van der Waals surface area (Å²) >= 11 is 0. The Balaban J connectivity index is 2.37. The molecule has 152 valence electrons. The van der Waals surface area contributed by atoms with Crippen LogP contribution in [0.4, 0.5) is 20.2 Å². The van der Waals surface area contributed by atoms with Crippen LogP contribution in [0.2, 0.25) is 0 Å². The van der Waals surface area contributed by atoms with E-state index in [1.165, 1.54) is 45.4 Å². The van der Waals surface area contributed by atoms with Crippen molar-refractivity contribution in [1.82, 2.24) is 0 Å². The van der Waals surface area contributed by atoms with Crippen molar-refractivity contribution < 1.29 is 31.5 Å². The van der Waals surface area contributed by atoms with Gasteiger partial charge in [-0.3, -0.25) is 9.10 Å². The molecule has 0 aliphatic rings. The van der Waals surface area contributed by atoms with Gasteiger partial charge >= 0.3 is 0 Å². The molecule has 1 atom stereocenters. The van der Waals surface area contributed by atoms with E-state index < -0.39 is 33.6 Å². The molecule has 0 heterocycles. The highest BCUT2D eigenvalue weighted by Crippen LogP contribution is 2.33. The summed E-state index contributed by atoms with van der Waals surface area (Å²) in [5.74, 6) is -2.26. The van der Waals surface area contributed by atoms with Crippen LogP contribution in [-0.4, -0.2) is 40.8 Å². The summed E-state index contributed by atoms with van der Waals surface area (Å²) in [7, 11) is -1.04. The zero-order valence-corrected chi connectivity index (χ0v) is 16.5. The van der Waals surface area contributed by atoms with Gasteiger partial charge in [0.25, 0.3) is 0 Å². The van der Waals surface area contributed by atoms with Gasteiger partial charge < -0.3 is 14.8 Å². The monoisotopic (exact) mass is 414 g/mol. The Bertz CT molecular complexity index is 982. The highest BCUT2D eigenvalue weighted by Gasteiger charge is 2.30. The summed E-state index contributed by atoms with van der Waals surface area (Å²) in [6, 6.07) is 6.03. The first-order chi connectivity index (χ1) is 13.1.